The summed E-state index contributed by atoms with van der Waals surface area (Å²) in [5.74, 6) is 0. The Bertz CT molecular complexity index is 156. The van der Waals surface area contributed by atoms with Crippen molar-refractivity contribution in [2.45, 2.75) is 68.2 Å². The lowest BCUT2D eigenvalue weighted by molar-refractivity contribution is 0.0128. The second kappa shape index (κ2) is 10.8. The van der Waals surface area contributed by atoms with Crippen LogP contribution in [0.25, 0.3) is 0 Å². The Labute approximate surface area is 115 Å². The lowest BCUT2D eigenvalue weighted by Crippen LogP contribution is -2.24. The van der Waals surface area contributed by atoms with Gasteiger partial charge in [0.25, 0.3) is 0 Å². The van der Waals surface area contributed by atoms with Crippen molar-refractivity contribution < 1.29 is 9.47 Å². The van der Waals surface area contributed by atoms with Gasteiger partial charge in [-0.15, -0.1) is 0 Å². The van der Waals surface area contributed by atoms with E-state index in [9.17, 15) is 0 Å². The molecule has 0 fully saturated rings. The van der Waals surface area contributed by atoms with Gasteiger partial charge in [0.15, 0.2) is 0 Å². The number of rotatable bonds is 8. The minimum Gasteiger partial charge on any atom is -0.382 e. The second-order valence-electron chi connectivity index (χ2n) is 6.31. The molecule has 0 aromatic rings. The zero-order chi connectivity index (χ0) is 14.7. The summed E-state index contributed by atoms with van der Waals surface area (Å²) in [5.41, 5.74) is 0.674. The first kappa shape index (κ1) is 20.2. The van der Waals surface area contributed by atoms with Gasteiger partial charge in [0, 0.05) is 13.2 Å². The number of hydrogen-bond donors (Lipinski definition) is 0. The SMILES string of the molecule is CCC(C)(C)COCC(C)(C)CC.CCOCC. The van der Waals surface area contributed by atoms with Gasteiger partial charge in [0.1, 0.15) is 0 Å². The highest BCUT2D eigenvalue weighted by Gasteiger charge is 2.19. The first-order valence-corrected chi connectivity index (χ1v) is 7.40. The molecule has 0 aromatic heterocycles. The van der Waals surface area contributed by atoms with E-state index < -0.39 is 0 Å². The zero-order valence-electron chi connectivity index (χ0n) is 14.1. The van der Waals surface area contributed by atoms with Gasteiger partial charge in [0.05, 0.1) is 13.2 Å². The molecule has 0 aliphatic rings. The van der Waals surface area contributed by atoms with Gasteiger partial charge in [-0.05, 0) is 37.5 Å². The molecule has 0 N–H and O–H groups in total. The number of ether oxygens (including phenoxy) is 2. The van der Waals surface area contributed by atoms with E-state index in [1.807, 2.05) is 13.8 Å². The summed E-state index contributed by atoms with van der Waals surface area (Å²) < 4.78 is 10.6. The third kappa shape index (κ3) is 14.0. The second-order valence-corrected chi connectivity index (χ2v) is 6.31. The van der Waals surface area contributed by atoms with Crippen LogP contribution >= 0.6 is 0 Å². The molecular formula is C16H36O2. The van der Waals surface area contributed by atoms with Crippen molar-refractivity contribution in [1.82, 2.24) is 0 Å². The van der Waals surface area contributed by atoms with Crippen LogP contribution in [0.2, 0.25) is 0 Å². The van der Waals surface area contributed by atoms with Crippen molar-refractivity contribution in [3.8, 4) is 0 Å². The normalized spacial score (nSPS) is 12.0. The third-order valence-electron chi connectivity index (χ3n) is 3.31. The molecule has 0 unspecified atom stereocenters. The van der Waals surface area contributed by atoms with E-state index in [1.165, 1.54) is 12.8 Å². The summed E-state index contributed by atoms with van der Waals surface area (Å²) in [5, 5.41) is 0. The molecular weight excluding hydrogens is 224 g/mol. The predicted octanol–water partition coefficient (Wildman–Crippen LogP) is 4.92. The fraction of sp³-hybridized carbons (Fsp3) is 1.00. The van der Waals surface area contributed by atoms with Gasteiger partial charge in [-0.3, -0.25) is 0 Å². The molecule has 0 saturated carbocycles. The van der Waals surface area contributed by atoms with Gasteiger partial charge in [0.2, 0.25) is 0 Å². The van der Waals surface area contributed by atoms with Crippen molar-refractivity contribution >= 4 is 0 Å². The first-order valence-electron chi connectivity index (χ1n) is 7.40. The smallest absolute Gasteiger partial charge is 0.0517 e. The molecule has 0 amide bonds. The lowest BCUT2D eigenvalue weighted by atomic mass is 9.90. The highest BCUT2D eigenvalue weighted by molar-refractivity contribution is 4.68. The summed E-state index contributed by atoms with van der Waals surface area (Å²) in [7, 11) is 0. The molecule has 2 heteroatoms. The fourth-order valence-corrected chi connectivity index (χ4v) is 1.01. The zero-order valence-corrected chi connectivity index (χ0v) is 14.1. The van der Waals surface area contributed by atoms with E-state index >= 15 is 0 Å². The van der Waals surface area contributed by atoms with E-state index in [-0.39, 0.29) is 0 Å². The molecule has 2 nitrogen and oxygen atoms in total. The van der Waals surface area contributed by atoms with E-state index in [4.69, 9.17) is 9.47 Å². The van der Waals surface area contributed by atoms with Gasteiger partial charge in [-0.25, -0.2) is 0 Å². The van der Waals surface area contributed by atoms with E-state index in [1.54, 1.807) is 0 Å². The Morgan fingerprint density at radius 3 is 1.11 bits per heavy atom. The van der Waals surface area contributed by atoms with Gasteiger partial charge in [-0.1, -0.05) is 41.5 Å². The highest BCUT2D eigenvalue weighted by Crippen LogP contribution is 2.23. The minimum absolute atomic E-state index is 0.337. The maximum absolute atomic E-state index is 5.74. The van der Waals surface area contributed by atoms with Crippen LogP contribution in [0.1, 0.15) is 68.2 Å². The van der Waals surface area contributed by atoms with E-state index in [0.717, 1.165) is 26.4 Å². The van der Waals surface area contributed by atoms with Gasteiger partial charge in [-0.2, -0.15) is 0 Å². The predicted molar refractivity (Wildman–Crippen MR) is 81.1 cm³/mol. The number of hydrogen-bond acceptors (Lipinski definition) is 2. The Morgan fingerprint density at radius 1 is 0.611 bits per heavy atom. The van der Waals surface area contributed by atoms with Crippen LogP contribution in [0, 0.1) is 10.8 Å². The molecule has 0 aromatic carbocycles. The molecule has 18 heavy (non-hydrogen) atoms. The lowest BCUT2D eigenvalue weighted by Gasteiger charge is -2.27. The average Bonchev–Trinajstić information content (AvgIpc) is 2.30. The van der Waals surface area contributed by atoms with Crippen LogP contribution in [-0.2, 0) is 9.47 Å². The molecule has 0 aliphatic heterocycles. The monoisotopic (exact) mass is 260 g/mol. The summed E-state index contributed by atoms with van der Waals surface area (Å²) in [6.07, 6.45) is 2.36. The van der Waals surface area contributed by atoms with Crippen LogP contribution in [0.5, 0.6) is 0 Å². The van der Waals surface area contributed by atoms with Gasteiger partial charge < -0.3 is 9.47 Å². The summed E-state index contributed by atoms with van der Waals surface area (Å²) in [6.45, 7) is 20.9. The maximum Gasteiger partial charge on any atom is 0.0517 e. The highest BCUT2D eigenvalue weighted by atomic mass is 16.5. The Morgan fingerprint density at radius 2 is 0.944 bits per heavy atom. The van der Waals surface area contributed by atoms with Crippen LogP contribution in [-0.4, -0.2) is 26.4 Å². The summed E-state index contributed by atoms with van der Waals surface area (Å²) in [6, 6.07) is 0. The van der Waals surface area contributed by atoms with Crippen molar-refractivity contribution in [2.75, 3.05) is 26.4 Å². The minimum atomic E-state index is 0.337. The molecule has 112 valence electrons. The van der Waals surface area contributed by atoms with Crippen molar-refractivity contribution in [3.05, 3.63) is 0 Å². The van der Waals surface area contributed by atoms with Crippen LogP contribution < -0.4 is 0 Å². The van der Waals surface area contributed by atoms with Crippen LogP contribution in [0.3, 0.4) is 0 Å². The van der Waals surface area contributed by atoms with Crippen LogP contribution in [0.15, 0.2) is 0 Å². The Hall–Kier alpha value is -0.0800. The maximum atomic E-state index is 5.74. The largest absolute Gasteiger partial charge is 0.382 e. The molecule has 0 spiro atoms. The van der Waals surface area contributed by atoms with E-state index in [0.29, 0.717) is 10.8 Å². The van der Waals surface area contributed by atoms with Crippen molar-refractivity contribution in [2.24, 2.45) is 10.8 Å². The topological polar surface area (TPSA) is 18.5 Å². The first-order chi connectivity index (χ1) is 8.24. The Balaban J connectivity index is 0. The quantitative estimate of drug-likeness (QED) is 0.617. The van der Waals surface area contributed by atoms with Crippen LogP contribution in [0.4, 0.5) is 0 Å². The third-order valence-corrected chi connectivity index (χ3v) is 3.31. The Kier molecular flexibility index (Phi) is 12.2. The molecule has 0 aliphatic carbocycles. The molecule has 0 radical (unpaired) electrons. The van der Waals surface area contributed by atoms with Crippen molar-refractivity contribution in [1.29, 1.82) is 0 Å². The standard InChI is InChI=1S/C12H26O.C4H10O/c1-7-11(3,4)9-13-10-12(5,6)8-2;1-3-5-4-2/h7-10H2,1-6H3;3-4H2,1-2H3. The van der Waals surface area contributed by atoms with E-state index in [2.05, 4.69) is 41.5 Å². The molecule has 0 bridgehead atoms. The fourth-order valence-electron chi connectivity index (χ4n) is 1.01. The summed E-state index contributed by atoms with van der Waals surface area (Å²) in [4.78, 5) is 0. The molecule has 0 heterocycles. The van der Waals surface area contributed by atoms with Gasteiger partial charge >= 0.3 is 0 Å². The molecule has 0 rings (SSSR count). The average molecular weight is 260 g/mol. The van der Waals surface area contributed by atoms with Crippen molar-refractivity contribution in [3.63, 3.8) is 0 Å². The molecule has 0 saturated heterocycles. The molecule has 0 atom stereocenters. The summed E-state index contributed by atoms with van der Waals surface area (Å²) >= 11 is 0.